The average Bonchev–Trinajstić information content (AvgIpc) is 3.08. The summed E-state index contributed by atoms with van der Waals surface area (Å²) in [5.41, 5.74) is 4.85. The predicted molar refractivity (Wildman–Crippen MR) is 135 cm³/mol. The minimum absolute atomic E-state index is 0.0806. The molecule has 0 aromatic heterocycles. The first-order chi connectivity index (χ1) is 16.2. The lowest BCUT2D eigenvalue weighted by Gasteiger charge is -2.23. The Morgan fingerprint density at radius 1 is 0.970 bits per heavy atom. The molecule has 0 unspecified atom stereocenters. The first-order valence-electron chi connectivity index (χ1n) is 11.0. The van der Waals surface area contributed by atoms with Crippen molar-refractivity contribution >= 4 is 39.4 Å². The lowest BCUT2D eigenvalue weighted by Crippen LogP contribution is -2.15. The molecule has 5 nitrogen and oxygen atoms in total. The molecule has 0 spiro atoms. The van der Waals surface area contributed by atoms with Gasteiger partial charge in [0.2, 0.25) is 5.91 Å². The Morgan fingerprint density at radius 3 is 2.61 bits per heavy atom. The number of nitrogens with zero attached hydrogens (tertiary/aromatic N) is 1. The van der Waals surface area contributed by atoms with Crippen LogP contribution in [0.5, 0.6) is 5.75 Å². The Morgan fingerprint density at radius 2 is 1.76 bits per heavy atom. The van der Waals surface area contributed by atoms with Gasteiger partial charge in [0.15, 0.2) is 0 Å². The van der Waals surface area contributed by atoms with Crippen LogP contribution in [-0.4, -0.2) is 19.6 Å². The zero-order chi connectivity index (χ0) is 22.6. The van der Waals surface area contributed by atoms with E-state index in [4.69, 9.17) is 4.74 Å². The highest BCUT2D eigenvalue weighted by atomic mass is 16.5. The summed E-state index contributed by atoms with van der Waals surface area (Å²) in [5, 5.41) is 8.93. The van der Waals surface area contributed by atoms with E-state index < -0.39 is 0 Å². The second-order valence-corrected chi connectivity index (χ2v) is 7.90. The number of anilines is 4. The maximum atomic E-state index is 12.6. The Kier molecular flexibility index (Phi) is 5.68. The summed E-state index contributed by atoms with van der Waals surface area (Å²) in [6, 6.07) is 28.2. The van der Waals surface area contributed by atoms with Gasteiger partial charge < -0.3 is 20.3 Å². The molecular weight excluding hydrogens is 410 g/mol. The van der Waals surface area contributed by atoms with Crippen molar-refractivity contribution in [2.75, 3.05) is 29.2 Å². The summed E-state index contributed by atoms with van der Waals surface area (Å²) < 4.78 is 5.35. The molecule has 164 valence electrons. The van der Waals surface area contributed by atoms with E-state index >= 15 is 0 Å². The largest absolute Gasteiger partial charge is 0.496 e. The monoisotopic (exact) mass is 435 g/mol. The van der Waals surface area contributed by atoms with Crippen LogP contribution in [0, 0.1) is 0 Å². The molecule has 0 radical (unpaired) electrons. The molecule has 1 amide bonds. The second kappa shape index (κ2) is 9.09. The summed E-state index contributed by atoms with van der Waals surface area (Å²) in [7, 11) is 1.61. The number of hydrogen-bond donors (Lipinski definition) is 2. The van der Waals surface area contributed by atoms with Gasteiger partial charge in [0, 0.05) is 35.1 Å². The van der Waals surface area contributed by atoms with Gasteiger partial charge in [-0.3, -0.25) is 4.79 Å². The van der Waals surface area contributed by atoms with Gasteiger partial charge in [-0.15, -0.1) is 0 Å². The Balaban J connectivity index is 1.36. The molecule has 0 aliphatic carbocycles. The SMILES string of the molecule is COc1ccccc1CC(=O)Nc1ccc(N2C=CCNc3c2ccc2ccccc32)cc1. The molecule has 33 heavy (non-hydrogen) atoms. The second-order valence-electron chi connectivity index (χ2n) is 7.90. The van der Waals surface area contributed by atoms with Crippen molar-refractivity contribution < 1.29 is 9.53 Å². The fraction of sp³-hybridized carbons (Fsp3) is 0.107. The molecule has 4 aromatic rings. The van der Waals surface area contributed by atoms with Crippen molar-refractivity contribution in [3.8, 4) is 5.75 Å². The molecule has 5 rings (SSSR count). The standard InChI is InChI=1S/C28H25N3O2/c1-33-26-10-5-3-8-21(26)19-27(32)30-22-12-14-23(15-13-22)31-18-6-17-29-28-24-9-4-2-7-20(24)11-16-25(28)31/h2-16,18,29H,17,19H2,1H3,(H,30,32). The molecular formula is C28H25N3O2. The molecule has 4 aromatic carbocycles. The molecule has 1 aliphatic rings. The number of amides is 1. The molecule has 1 heterocycles. The zero-order valence-corrected chi connectivity index (χ0v) is 18.4. The van der Waals surface area contributed by atoms with E-state index in [1.807, 2.05) is 48.5 Å². The number of carbonyl (C=O) groups is 1. The van der Waals surface area contributed by atoms with Gasteiger partial charge in [0.05, 0.1) is 24.9 Å². The first kappa shape index (κ1) is 20.6. The molecule has 1 aliphatic heterocycles. The van der Waals surface area contributed by atoms with Gasteiger partial charge >= 0.3 is 0 Å². The van der Waals surface area contributed by atoms with Crippen LogP contribution in [0.2, 0.25) is 0 Å². The van der Waals surface area contributed by atoms with Crippen LogP contribution >= 0.6 is 0 Å². The third-order valence-corrected chi connectivity index (χ3v) is 5.79. The van der Waals surface area contributed by atoms with E-state index in [0.29, 0.717) is 0 Å². The van der Waals surface area contributed by atoms with Crippen molar-refractivity contribution in [1.29, 1.82) is 0 Å². The number of carbonyl (C=O) groups excluding carboxylic acids is 1. The maximum absolute atomic E-state index is 12.6. The van der Waals surface area contributed by atoms with E-state index in [-0.39, 0.29) is 12.3 Å². The quantitative estimate of drug-likeness (QED) is 0.397. The Hall–Kier alpha value is -4.25. The highest BCUT2D eigenvalue weighted by Crippen LogP contribution is 2.39. The zero-order valence-electron chi connectivity index (χ0n) is 18.4. The molecule has 5 heteroatoms. The molecule has 0 bridgehead atoms. The summed E-state index contributed by atoms with van der Waals surface area (Å²) in [4.78, 5) is 14.7. The highest BCUT2D eigenvalue weighted by molar-refractivity contribution is 6.02. The first-order valence-corrected chi connectivity index (χ1v) is 11.0. The number of hydrogen-bond acceptors (Lipinski definition) is 4. The summed E-state index contributed by atoms with van der Waals surface area (Å²) in [6.45, 7) is 0.759. The third-order valence-electron chi connectivity index (χ3n) is 5.79. The minimum atomic E-state index is -0.0806. The number of benzene rings is 4. The van der Waals surface area contributed by atoms with Gasteiger partial charge in [-0.05, 0) is 47.9 Å². The highest BCUT2D eigenvalue weighted by Gasteiger charge is 2.16. The van der Waals surface area contributed by atoms with Crippen LogP contribution in [0.15, 0.2) is 97.2 Å². The van der Waals surface area contributed by atoms with Crippen molar-refractivity contribution in [2.24, 2.45) is 0 Å². The summed E-state index contributed by atoms with van der Waals surface area (Å²) >= 11 is 0. The molecule has 0 fully saturated rings. The number of para-hydroxylation sites is 1. The lowest BCUT2D eigenvalue weighted by molar-refractivity contribution is -0.115. The van der Waals surface area contributed by atoms with Crippen LogP contribution in [0.3, 0.4) is 0 Å². The average molecular weight is 436 g/mol. The van der Waals surface area contributed by atoms with Gasteiger partial charge in [0.25, 0.3) is 0 Å². The van der Waals surface area contributed by atoms with Crippen molar-refractivity contribution in [3.63, 3.8) is 0 Å². The summed E-state index contributed by atoms with van der Waals surface area (Å²) in [6.07, 6.45) is 4.45. The van der Waals surface area contributed by atoms with Gasteiger partial charge in [-0.2, -0.15) is 0 Å². The van der Waals surface area contributed by atoms with E-state index in [0.717, 1.165) is 40.6 Å². The minimum Gasteiger partial charge on any atom is -0.496 e. The van der Waals surface area contributed by atoms with Crippen LogP contribution in [-0.2, 0) is 11.2 Å². The Bertz CT molecular complexity index is 1330. The number of fused-ring (bicyclic) bond motifs is 3. The topological polar surface area (TPSA) is 53.6 Å². The maximum Gasteiger partial charge on any atom is 0.228 e. The van der Waals surface area contributed by atoms with Crippen molar-refractivity contribution in [3.05, 3.63) is 103 Å². The Labute approximate surface area is 193 Å². The fourth-order valence-electron chi connectivity index (χ4n) is 4.20. The van der Waals surface area contributed by atoms with Crippen molar-refractivity contribution in [1.82, 2.24) is 0 Å². The summed E-state index contributed by atoms with van der Waals surface area (Å²) in [5.74, 6) is 0.638. The van der Waals surface area contributed by atoms with Gasteiger partial charge in [-0.1, -0.05) is 48.5 Å². The molecule has 0 saturated heterocycles. The molecule has 0 atom stereocenters. The van der Waals surface area contributed by atoms with Crippen LogP contribution < -0.4 is 20.3 Å². The lowest BCUT2D eigenvalue weighted by atomic mass is 10.1. The van der Waals surface area contributed by atoms with Gasteiger partial charge in [0.1, 0.15) is 5.75 Å². The van der Waals surface area contributed by atoms with E-state index in [2.05, 4.69) is 64.2 Å². The van der Waals surface area contributed by atoms with Crippen LogP contribution in [0.1, 0.15) is 5.56 Å². The van der Waals surface area contributed by atoms with E-state index in [1.165, 1.54) is 10.8 Å². The fourth-order valence-corrected chi connectivity index (χ4v) is 4.20. The number of methoxy groups -OCH3 is 1. The smallest absolute Gasteiger partial charge is 0.228 e. The third kappa shape index (κ3) is 4.26. The van der Waals surface area contributed by atoms with Crippen LogP contribution in [0.25, 0.3) is 10.8 Å². The predicted octanol–water partition coefficient (Wildman–Crippen LogP) is 6.11. The molecule has 0 saturated carbocycles. The number of rotatable bonds is 5. The van der Waals surface area contributed by atoms with E-state index in [9.17, 15) is 4.79 Å². The van der Waals surface area contributed by atoms with Crippen LogP contribution in [0.4, 0.5) is 22.7 Å². The normalized spacial score (nSPS) is 12.6. The van der Waals surface area contributed by atoms with Crippen molar-refractivity contribution in [2.45, 2.75) is 6.42 Å². The number of nitrogens with one attached hydrogen (secondary N) is 2. The van der Waals surface area contributed by atoms with E-state index in [1.54, 1.807) is 7.11 Å². The molecule has 2 N–H and O–H groups in total. The van der Waals surface area contributed by atoms with Gasteiger partial charge in [-0.25, -0.2) is 0 Å². The number of ether oxygens (including phenoxy) is 1.